The van der Waals surface area contributed by atoms with Gasteiger partial charge in [0, 0.05) is 24.6 Å². The summed E-state index contributed by atoms with van der Waals surface area (Å²) in [5, 5.41) is 3.79. The standard InChI is InChI=1S/C15H17ClN2O2/c1-20-10-11(6-8-16)18-15(19)13-7-9-17-14-5-3-2-4-12(13)14/h2-5,7,9,11H,6,8,10H2,1H3,(H,18,19). The first kappa shape index (κ1) is 14.8. The van der Waals surface area contributed by atoms with Crippen molar-refractivity contribution in [2.24, 2.45) is 0 Å². The van der Waals surface area contributed by atoms with Gasteiger partial charge in [-0.15, -0.1) is 11.6 Å². The maximum atomic E-state index is 12.4. The fraction of sp³-hybridized carbons (Fsp3) is 0.333. The van der Waals surface area contributed by atoms with Crippen LogP contribution in [0.5, 0.6) is 0 Å². The third-order valence-electron chi connectivity index (χ3n) is 3.05. The van der Waals surface area contributed by atoms with Crippen molar-refractivity contribution in [3.8, 4) is 0 Å². The van der Waals surface area contributed by atoms with Gasteiger partial charge in [-0.05, 0) is 18.6 Å². The Morgan fingerprint density at radius 1 is 1.40 bits per heavy atom. The first-order valence-electron chi connectivity index (χ1n) is 6.45. The molecule has 1 amide bonds. The molecule has 0 saturated heterocycles. The molecule has 2 aromatic rings. The molecule has 0 radical (unpaired) electrons. The monoisotopic (exact) mass is 292 g/mol. The third kappa shape index (κ3) is 3.46. The van der Waals surface area contributed by atoms with Gasteiger partial charge in [-0.2, -0.15) is 0 Å². The number of nitrogens with zero attached hydrogens (tertiary/aromatic N) is 1. The smallest absolute Gasteiger partial charge is 0.252 e. The fourth-order valence-electron chi connectivity index (χ4n) is 2.09. The van der Waals surface area contributed by atoms with E-state index in [0.29, 0.717) is 24.5 Å². The number of rotatable bonds is 6. The summed E-state index contributed by atoms with van der Waals surface area (Å²) in [6.07, 6.45) is 2.31. The summed E-state index contributed by atoms with van der Waals surface area (Å²) in [4.78, 5) is 16.6. The number of nitrogens with one attached hydrogen (secondary N) is 1. The summed E-state index contributed by atoms with van der Waals surface area (Å²) in [7, 11) is 1.61. The van der Waals surface area contributed by atoms with Crippen molar-refractivity contribution in [3.63, 3.8) is 0 Å². The van der Waals surface area contributed by atoms with E-state index in [0.717, 1.165) is 10.9 Å². The normalized spacial score (nSPS) is 12.3. The second kappa shape index (κ2) is 7.22. The second-order valence-corrected chi connectivity index (χ2v) is 4.86. The predicted octanol–water partition coefficient (Wildman–Crippen LogP) is 2.61. The molecule has 0 aliphatic rings. The molecule has 1 aromatic heterocycles. The van der Waals surface area contributed by atoms with Crippen LogP contribution in [-0.4, -0.2) is 36.5 Å². The van der Waals surface area contributed by atoms with Gasteiger partial charge in [0.1, 0.15) is 0 Å². The van der Waals surface area contributed by atoms with Gasteiger partial charge in [-0.3, -0.25) is 9.78 Å². The van der Waals surface area contributed by atoms with Crippen LogP contribution >= 0.6 is 11.6 Å². The molecule has 1 heterocycles. The molecule has 1 N–H and O–H groups in total. The number of hydrogen-bond acceptors (Lipinski definition) is 3. The molecule has 0 aliphatic carbocycles. The van der Waals surface area contributed by atoms with Gasteiger partial charge in [0.25, 0.3) is 5.91 Å². The number of methoxy groups -OCH3 is 1. The van der Waals surface area contributed by atoms with Crippen molar-refractivity contribution in [2.75, 3.05) is 19.6 Å². The minimum atomic E-state index is -0.129. The van der Waals surface area contributed by atoms with Gasteiger partial charge in [0.05, 0.1) is 23.7 Å². The number of ether oxygens (including phenoxy) is 1. The summed E-state index contributed by atoms with van der Waals surface area (Å²) in [5.41, 5.74) is 1.42. The zero-order chi connectivity index (χ0) is 14.4. The number of alkyl halides is 1. The predicted molar refractivity (Wildman–Crippen MR) is 80.2 cm³/mol. The molecule has 0 spiro atoms. The van der Waals surface area contributed by atoms with Gasteiger partial charge >= 0.3 is 0 Å². The lowest BCUT2D eigenvalue weighted by atomic mass is 10.1. The van der Waals surface area contributed by atoms with E-state index in [4.69, 9.17) is 16.3 Å². The highest BCUT2D eigenvalue weighted by Crippen LogP contribution is 2.16. The van der Waals surface area contributed by atoms with Crippen molar-refractivity contribution in [2.45, 2.75) is 12.5 Å². The Labute approximate surface area is 123 Å². The highest BCUT2D eigenvalue weighted by atomic mass is 35.5. The molecule has 20 heavy (non-hydrogen) atoms. The van der Waals surface area contributed by atoms with Crippen molar-refractivity contribution in [1.82, 2.24) is 10.3 Å². The summed E-state index contributed by atoms with van der Waals surface area (Å²) in [6.45, 7) is 0.446. The molecule has 5 heteroatoms. The Bertz CT molecular complexity index is 578. The summed E-state index contributed by atoms with van der Waals surface area (Å²) in [5.74, 6) is 0.349. The summed E-state index contributed by atoms with van der Waals surface area (Å²) >= 11 is 5.74. The lowest BCUT2D eigenvalue weighted by Gasteiger charge is -2.17. The number of pyridine rings is 1. The van der Waals surface area contributed by atoms with Crippen LogP contribution < -0.4 is 5.32 Å². The zero-order valence-corrected chi connectivity index (χ0v) is 12.1. The molecule has 1 atom stereocenters. The number of amides is 1. The number of carbonyl (C=O) groups is 1. The molecule has 0 aliphatic heterocycles. The Morgan fingerprint density at radius 3 is 2.95 bits per heavy atom. The van der Waals surface area contributed by atoms with E-state index in [9.17, 15) is 4.79 Å². The van der Waals surface area contributed by atoms with Crippen molar-refractivity contribution in [3.05, 3.63) is 42.1 Å². The highest BCUT2D eigenvalue weighted by Gasteiger charge is 2.15. The van der Waals surface area contributed by atoms with E-state index < -0.39 is 0 Å². The molecule has 1 unspecified atom stereocenters. The number of halogens is 1. The molecular formula is C15H17ClN2O2. The maximum absolute atomic E-state index is 12.4. The van der Waals surface area contributed by atoms with Crippen LogP contribution in [0.4, 0.5) is 0 Å². The van der Waals surface area contributed by atoms with Crippen molar-refractivity contribution >= 4 is 28.4 Å². The van der Waals surface area contributed by atoms with Crippen LogP contribution in [0.1, 0.15) is 16.8 Å². The summed E-state index contributed by atoms with van der Waals surface area (Å²) < 4.78 is 5.10. The SMILES string of the molecule is COCC(CCCl)NC(=O)c1ccnc2ccccc12. The summed E-state index contributed by atoms with van der Waals surface area (Å²) in [6, 6.07) is 9.21. The number of para-hydroxylation sites is 1. The average molecular weight is 293 g/mol. The molecule has 0 saturated carbocycles. The van der Waals surface area contributed by atoms with Crippen LogP contribution in [0, 0.1) is 0 Å². The lowest BCUT2D eigenvalue weighted by molar-refractivity contribution is 0.0897. The van der Waals surface area contributed by atoms with Crippen LogP contribution in [0.2, 0.25) is 0 Å². The number of fused-ring (bicyclic) bond motifs is 1. The van der Waals surface area contributed by atoms with Gasteiger partial charge in [0.2, 0.25) is 0 Å². The average Bonchev–Trinajstić information content (AvgIpc) is 2.47. The first-order chi connectivity index (χ1) is 9.76. The van der Waals surface area contributed by atoms with E-state index in [-0.39, 0.29) is 11.9 Å². The number of benzene rings is 1. The molecule has 2 rings (SSSR count). The molecule has 1 aromatic carbocycles. The number of hydrogen-bond donors (Lipinski definition) is 1. The van der Waals surface area contributed by atoms with Crippen molar-refractivity contribution in [1.29, 1.82) is 0 Å². The molecule has 106 valence electrons. The van der Waals surface area contributed by atoms with Gasteiger partial charge < -0.3 is 10.1 Å². The third-order valence-corrected chi connectivity index (χ3v) is 3.27. The Balaban J connectivity index is 2.22. The van der Waals surface area contributed by atoms with Crippen LogP contribution in [0.3, 0.4) is 0 Å². The molecule has 4 nitrogen and oxygen atoms in total. The van der Waals surface area contributed by atoms with Gasteiger partial charge in [-0.25, -0.2) is 0 Å². The topological polar surface area (TPSA) is 51.2 Å². The molecule has 0 bridgehead atoms. The second-order valence-electron chi connectivity index (χ2n) is 4.48. The Kier molecular flexibility index (Phi) is 5.32. The van der Waals surface area contributed by atoms with Crippen molar-refractivity contribution < 1.29 is 9.53 Å². The number of aromatic nitrogens is 1. The lowest BCUT2D eigenvalue weighted by Crippen LogP contribution is -2.38. The van der Waals surface area contributed by atoms with E-state index >= 15 is 0 Å². The first-order valence-corrected chi connectivity index (χ1v) is 6.99. The highest BCUT2D eigenvalue weighted by molar-refractivity contribution is 6.17. The van der Waals surface area contributed by atoms with Gasteiger partial charge in [-0.1, -0.05) is 18.2 Å². The fourth-order valence-corrected chi connectivity index (χ4v) is 2.35. The minimum absolute atomic E-state index is 0.0862. The van der Waals surface area contributed by atoms with Gasteiger partial charge in [0.15, 0.2) is 0 Å². The Hall–Kier alpha value is -1.65. The van der Waals surface area contributed by atoms with E-state index in [2.05, 4.69) is 10.3 Å². The zero-order valence-electron chi connectivity index (χ0n) is 11.3. The minimum Gasteiger partial charge on any atom is -0.383 e. The molecule has 0 fully saturated rings. The largest absolute Gasteiger partial charge is 0.383 e. The van der Waals surface area contributed by atoms with E-state index in [1.807, 2.05) is 24.3 Å². The maximum Gasteiger partial charge on any atom is 0.252 e. The van der Waals surface area contributed by atoms with Crippen LogP contribution in [0.15, 0.2) is 36.5 Å². The van der Waals surface area contributed by atoms with Crippen LogP contribution in [0.25, 0.3) is 10.9 Å². The quantitative estimate of drug-likeness (QED) is 0.833. The Morgan fingerprint density at radius 2 is 2.20 bits per heavy atom. The van der Waals surface area contributed by atoms with E-state index in [1.165, 1.54) is 0 Å². The number of carbonyl (C=O) groups excluding carboxylic acids is 1. The van der Waals surface area contributed by atoms with E-state index in [1.54, 1.807) is 19.4 Å². The molecular weight excluding hydrogens is 276 g/mol. The van der Waals surface area contributed by atoms with Crippen LogP contribution in [-0.2, 0) is 4.74 Å².